The highest BCUT2D eigenvalue weighted by Gasteiger charge is 2.39. The van der Waals surface area contributed by atoms with Crippen LogP contribution in [0.5, 0.6) is 0 Å². The third kappa shape index (κ3) is 3.12. The lowest BCUT2D eigenvalue weighted by atomic mass is 10.1. The molecule has 0 saturated carbocycles. The van der Waals surface area contributed by atoms with Crippen molar-refractivity contribution in [3.63, 3.8) is 0 Å². The third-order valence-corrected chi connectivity index (χ3v) is 1.54. The zero-order valence-electron chi connectivity index (χ0n) is 7.28. The van der Waals surface area contributed by atoms with Gasteiger partial charge in [0.25, 0.3) is 0 Å². The smallest absolute Gasteiger partial charge is 0.294 e. The molecule has 0 saturated heterocycles. The Labute approximate surface area is 82.1 Å². The van der Waals surface area contributed by atoms with Crippen LogP contribution in [0.25, 0.3) is 0 Å². The van der Waals surface area contributed by atoms with E-state index >= 15 is 0 Å². The number of alkyl halides is 3. The standard InChI is InChI=1S/C8H5F3N2O2/c9-8(10,11)7(15)3-6(14)5-1-2-12-13-4-5/h1-2,4H,3H2. The fraction of sp³-hybridized carbons (Fsp3) is 0.250. The maximum absolute atomic E-state index is 11.8. The molecule has 0 atom stereocenters. The molecule has 0 aliphatic carbocycles. The number of ketones is 2. The van der Waals surface area contributed by atoms with Crippen LogP contribution in [0.2, 0.25) is 0 Å². The van der Waals surface area contributed by atoms with Crippen molar-refractivity contribution in [2.45, 2.75) is 12.6 Å². The Morgan fingerprint density at radius 3 is 2.40 bits per heavy atom. The molecule has 0 N–H and O–H groups in total. The van der Waals surface area contributed by atoms with E-state index in [0.29, 0.717) is 0 Å². The third-order valence-electron chi connectivity index (χ3n) is 1.54. The van der Waals surface area contributed by atoms with E-state index in [2.05, 4.69) is 10.2 Å². The van der Waals surface area contributed by atoms with Gasteiger partial charge in [-0.05, 0) is 6.07 Å². The fourth-order valence-electron chi connectivity index (χ4n) is 0.804. The van der Waals surface area contributed by atoms with Gasteiger partial charge >= 0.3 is 6.18 Å². The lowest BCUT2D eigenvalue weighted by Crippen LogP contribution is -2.25. The van der Waals surface area contributed by atoms with Crippen molar-refractivity contribution < 1.29 is 22.8 Å². The van der Waals surface area contributed by atoms with Crippen LogP contribution in [0.1, 0.15) is 16.8 Å². The molecule has 0 unspecified atom stereocenters. The van der Waals surface area contributed by atoms with E-state index in [-0.39, 0.29) is 5.56 Å². The van der Waals surface area contributed by atoms with Gasteiger partial charge in [0.1, 0.15) is 0 Å². The molecule has 1 rings (SSSR count). The van der Waals surface area contributed by atoms with E-state index in [1.807, 2.05) is 0 Å². The molecule has 0 amide bonds. The van der Waals surface area contributed by atoms with Gasteiger partial charge in [-0.1, -0.05) is 0 Å². The van der Waals surface area contributed by atoms with Gasteiger partial charge in [-0.2, -0.15) is 23.4 Å². The minimum atomic E-state index is -4.98. The summed E-state index contributed by atoms with van der Waals surface area (Å²) in [4.78, 5) is 21.6. The first-order chi connectivity index (χ1) is 6.91. The topological polar surface area (TPSA) is 59.9 Å². The number of nitrogens with zero attached hydrogens (tertiary/aromatic N) is 2. The molecule has 15 heavy (non-hydrogen) atoms. The van der Waals surface area contributed by atoms with Gasteiger partial charge in [0.05, 0.1) is 18.8 Å². The second kappa shape index (κ2) is 4.16. The second-order valence-corrected chi connectivity index (χ2v) is 2.65. The van der Waals surface area contributed by atoms with Gasteiger partial charge in [-0.3, -0.25) is 9.59 Å². The van der Waals surface area contributed by atoms with E-state index in [1.165, 1.54) is 6.07 Å². The number of aromatic nitrogens is 2. The van der Waals surface area contributed by atoms with Crippen molar-refractivity contribution in [3.8, 4) is 0 Å². The van der Waals surface area contributed by atoms with Crippen LogP contribution in [0.15, 0.2) is 18.5 Å². The Bertz CT molecular complexity index is 375. The lowest BCUT2D eigenvalue weighted by Gasteiger charge is -2.03. The molecule has 0 aliphatic rings. The SMILES string of the molecule is O=C(CC(=O)C(F)(F)F)c1ccnnc1. The van der Waals surface area contributed by atoms with E-state index < -0.39 is 24.2 Å². The molecule has 0 radical (unpaired) electrons. The summed E-state index contributed by atoms with van der Waals surface area (Å²) in [6.45, 7) is 0. The lowest BCUT2D eigenvalue weighted by molar-refractivity contribution is -0.170. The first-order valence-electron chi connectivity index (χ1n) is 3.81. The highest BCUT2D eigenvalue weighted by atomic mass is 19.4. The summed E-state index contributed by atoms with van der Waals surface area (Å²) < 4.78 is 35.4. The zero-order chi connectivity index (χ0) is 11.5. The molecule has 1 aromatic heterocycles. The quantitative estimate of drug-likeness (QED) is 0.564. The molecule has 80 valence electrons. The normalized spacial score (nSPS) is 11.1. The Kier molecular flexibility index (Phi) is 3.13. The van der Waals surface area contributed by atoms with Crippen LogP contribution in [-0.4, -0.2) is 27.9 Å². The summed E-state index contributed by atoms with van der Waals surface area (Å²) in [5.41, 5.74) is -0.0670. The molecule has 0 aromatic carbocycles. The molecule has 0 fully saturated rings. The molecule has 4 nitrogen and oxygen atoms in total. The molecule has 1 aromatic rings. The maximum Gasteiger partial charge on any atom is 0.450 e. The van der Waals surface area contributed by atoms with Crippen molar-refractivity contribution in [2.75, 3.05) is 0 Å². The van der Waals surface area contributed by atoms with Crippen molar-refractivity contribution in [3.05, 3.63) is 24.0 Å². The largest absolute Gasteiger partial charge is 0.450 e. The monoisotopic (exact) mass is 218 g/mol. The highest BCUT2D eigenvalue weighted by molar-refractivity contribution is 6.09. The Hall–Kier alpha value is -1.79. The van der Waals surface area contributed by atoms with Gasteiger partial charge in [-0.15, -0.1) is 0 Å². The first-order valence-corrected chi connectivity index (χ1v) is 3.81. The predicted molar refractivity (Wildman–Crippen MR) is 42.0 cm³/mol. The minimum Gasteiger partial charge on any atom is -0.294 e. The molecular weight excluding hydrogens is 213 g/mol. The number of carbonyl (C=O) groups excluding carboxylic acids is 2. The summed E-state index contributed by atoms with van der Waals surface area (Å²) in [6.07, 6.45) is -4.01. The number of hydrogen-bond donors (Lipinski definition) is 0. The number of Topliss-reactive ketones (excluding diaryl/α,β-unsaturated/α-hetero) is 2. The van der Waals surface area contributed by atoms with Crippen LogP contribution in [-0.2, 0) is 4.79 Å². The summed E-state index contributed by atoms with van der Waals surface area (Å²) >= 11 is 0. The van der Waals surface area contributed by atoms with Gasteiger partial charge < -0.3 is 0 Å². The zero-order valence-corrected chi connectivity index (χ0v) is 7.28. The van der Waals surface area contributed by atoms with E-state index in [1.54, 1.807) is 0 Å². The first kappa shape index (κ1) is 11.3. The van der Waals surface area contributed by atoms with E-state index in [0.717, 1.165) is 12.4 Å². The van der Waals surface area contributed by atoms with Crippen LogP contribution in [0.3, 0.4) is 0 Å². The minimum absolute atomic E-state index is 0.0670. The predicted octanol–water partition coefficient (Wildman–Crippen LogP) is 1.18. The summed E-state index contributed by atoms with van der Waals surface area (Å²) in [5.74, 6) is -2.99. The highest BCUT2D eigenvalue weighted by Crippen LogP contribution is 2.18. The number of halogens is 3. The van der Waals surface area contributed by atoms with Crippen LogP contribution in [0.4, 0.5) is 13.2 Å². The fourth-order valence-corrected chi connectivity index (χ4v) is 0.804. The maximum atomic E-state index is 11.8. The van der Waals surface area contributed by atoms with Gasteiger partial charge in [0, 0.05) is 5.56 Å². The van der Waals surface area contributed by atoms with Crippen LogP contribution in [0, 0.1) is 0 Å². The van der Waals surface area contributed by atoms with Crippen molar-refractivity contribution in [1.29, 1.82) is 0 Å². The molecule has 0 aliphatic heterocycles. The Morgan fingerprint density at radius 1 is 1.27 bits per heavy atom. The number of hydrogen-bond acceptors (Lipinski definition) is 4. The Balaban J connectivity index is 2.70. The molecule has 1 heterocycles. The molecular formula is C8H5F3N2O2. The van der Waals surface area contributed by atoms with Crippen molar-refractivity contribution in [1.82, 2.24) is 10.2 Å². The number of carbonyl (C=O) groups is 2. The summed E-state index contributed by atoms with van der Waals surface area (Å²) in [7, 11) is 0. The van der Waals surface area contributed by atoms with Crippen molar-refractivity contribution in [2.24, 2.45) is 0 Å². The summed E-state index contributed by atoms with van der Waals surface area (Å²) in [6, 6.07) is 1.19. The summed E-state index contributed by atoms with van der Waals surface area (Å²) in [5, 5.41) is 6.66. The van der Waals surface area contributed by atoms with E-state index in [9.17, 15) is 22.8 Å². The van der Waals surface area contributed by atoms with Crippen LogP contribution >= 0.6 is 0 Å². The average Bonchev–Trinajstić information content (AvgIpc) is 2.17. The van der Waals surface area contributed by atoms with Gasteiger partial charge in [-0.25, -0.2) is 0 Å². The molecule has 0 bridgehead atoms. The second-order valence-electron chi connectivity index (χ2n) is 2.65. The Morgan fingerprint density at radius 2 is 1.93 bits per heavy atom. The van der Waals surface area contributed by atoms with E-state index in [4.69, 9.17) is 0 Å². The van der Waals surface area contributed by atoms with Gasteiger partial charge in [0.15, 0.2) is 5.78 Å². The average molecular weight is 218 g/mol. The van der Waals surface area contributed by atoms with Gasteiger partial charge in [0.2, 0.25) is 5.78 Å². The van der Waals surface area contributed by atoms with Crippen LogP contribution < -0.4 is 0 Å². The number of rotatable bonds is 3. The van der Waals surface area contributed by atoms with Crippen molar-refractivity contribution >= 4 is 11.6 Å². The molecule has 7 heteroatoms. The molecule has 0 spiro atoms.